The summed E-state index contributed by atoms with van der Waals surface area (Å²) in [4.78, 5) is 26.2. The van der Waals surface area contributed by atoms with Crippen molar-refractivity contribution in [3.05, 3.63) is 38.9 Å². The van der Waals surface area contributed by atoms with Gasteiger partial charge in [0, 0.05) is 10.6 Å². The first-order chi connectivity index (χ1) is 9.36. The molecular formula is C14H18N4OS. The van der Waals surface area contributed by atoms with Gasteiger partial charge in [-0.25, -0.2) is 15.0 Å². The summed E-state index contributed by atoms with van der Waals surface area (Å²) in [7, 11) is 0. The molecule has 0 fully saturated rings. The minimum absolute atomic E-state index is 0.136. The summed E-state index contributed by atoms with van der Waals surface area (Å²) in [5, 5.41) is 3.94. The Balaban J connectivity index is 2.17. The summed E-state index contributed by atoms with van der Waals surface area (Å²) in [6.07, 6.45) is 0. The third kappa shape index (κ3) is 3.19. The molecule has 2 heterocycles. The fourth-order valence-electron chi connectivity index (χ4n) is 2.12. The van der Waals surface area contributed by atoms with Gasteiger partial charge in [0.25, 0.3) is 5.91 Å². The molecule has 0 aliphatic rings. The molecule has 106 valence electrons. The van der Waals surface area contributed by atoms with Gasteiger partial charge in [0.1, 0.15) is 11.5 Å². The van der Waals surface area contributed by atoms with E-state index in [2.05, 4.69) is 20.3 Å². The summed E-state index contributed by atoms with van der Waals surface area (Å²) in [5.74, 6) is 0.402. The zero-order valence-corrected chi connectivity index (χ0v) is 13.1. The molecule has 1 N–H and O–H groups in total. The van der Waals surface area contributed by atoms with Crippen LogP contribution in [-0.2, 0) is 0 Å². The molecule has 0 unspecified atom stereocenters. The maximum Gasteiger partial charge on any atom is 0.270 e. The molecule has 2 aromatic heterocycles. The van der Waals surface area contributed by atoms with Crippen molar-refractivity contribution in [2.24, 2.45) is 0 Å². The van der Waals surface area contributed by atoms with Crippen molar-refractivity contribution in [2.75, 3.05) is 0 Å². The lowest BCUT2D eigenvalue weighted by molar-refractivity contribution is 0.0933. The molecule has 6 heteroatoms. The number of hydrogen-bond acceptors (Lipinski definition) is 5. The highest BCUT2D eigenvalue weighted by atomic mass is 32.1. The summed E-state index contributed by atoms with van der Waals surface area (Å²) in [5.41, 5.74) is 2.10. The Labute approximate surface area is 122 Å². The van der Waals surface area contributed by atoms with E-state index in [1.54, 1.807) is 24.3 Å². The molecule has 20 heavy (non-hydrogen) atoms. The van der Waals surface area contributed by atoms with Crippen LogP contribution in [0.25, 0.3) is 0 Å². The Hall–Kier alpha value is -1.82. The third-order valence-electron chi connectivity index (χ3n) is 2.90. The fourth-order valence-corrected chi connectivity index (χ4v) is 3.03. The van der Waals surface area contributed by atoms with Gasteiger partial charge in [-0.15, -0.1) is 11.3 Å². The molecule has 2 aromatic rings. The average molecular weight is 290 g/mol. The molecule has 0 bridgehead atoms. The van der Waals surface area contributed by atoms with E-state index in [4.69, 9.17) is 0 Å². The number of rotatable bonds is 3. The molecule has 0 radical (unpaired) electrons. The lowest BCUT2D eigenvalue weighted by atomic mass is 10.2. The Morgan fingerprint density at radius 2 is 1.90 bits per heavy atom. The second-order valence-electron chi connectivity index (χ2n) is 4.81. The standard InChI is InChI=1S/C14H18N4OS/c1-7-6-12(17-10(4)15-7)14(19)16-8(2)13-9(3)20-11(5)18-13/h6,8H,1-5H3,(H,16,19)/t8-/m1/s1. The van der Waals surface area contributed by atoms with Gasteiger partial charge in [-0.3, -0.25) is 4.79 Å². The van der Waals surface area contributed by atoms with Crippen LogP contribution in [0.15, 0.2) is 6.07 Å². The lowest BCUT2D eigenvalue weighted by Gasteiger charge is -2.12. The van der Waals surface area contributed by atoms with Gasteiger partial charge in [0.2, 0.25) is 0 Å². The van der Waals surface area contributed by atoms with Crippen molar-refractivity contribution in [1.82, 2.24) is 20.3 Å². The Morgan fingerprint density at radius 1 is 1.20 bits per heavy atom. The van der Waals surface area contributed by atoms with Gasteiger partial charge < -0.3 is 5.32 Å². The van der Waals surface area contributed by atoms with E-state index in [-0.39, 0.29) is 11.9 Å². The molecule has 0 spiro atoms. The summed E-state index contributed by atoms with van der Waals surface area (Å²) in [6.45, 7) is 9.54. The number of nitrogens with one attached hydrogen (secondary N) is 1. The molecule has 1 atom stereocenters. The SMILES string of the molecule is Cc1cc(C(=O)N[C@H](C)c2nc(C)sc2C)nc(C)n1. The monoisotopic (exact) mass is 290 g/mol. The summed E-state index contributed by atoms with van der Waals surface area (Å²) < 4.78 is 0. The highest BCUT2D eigenvalue weighted by Gasteiger charge is 2.17. The van der Waals surface area contributed by atoms with Crippen LogP contribution in [0.4, 0.5) is 0 Å². The van der Waals surface area contributed by atoms with E-state index in [0.29, 0.717) is 11.5 Å². The average Bonchev–Trinajstić information content (AvgIpc) is 2.67. The minimum atomic E-state index is -0.198. The van der Waals surface area contributed by atoms with E-state index in [0.717, 1.165) is 21.3 Å². The quantitative estimate of drug-likeness (QED) is 0.943. The molecule has 0 saturated carbocycles. The largest absolute Gasteiger partial charge is 0.343 e. The van der Waals surface area contributed by atoms with E-state index in [9.17, 15) is 4.79 Å². The summed E-state index contributed by atoms with van der Waals surface area (Å²) in [6, 6.07) is 1.55. The Morgan fingerprint density at radius 3 is 2.45 bits per heavy atom. The van der Waals surface area contributed by atoms with E-state index < -0.39 is 0 Å². The Kier molecular flexibility index (Phi) is 4.13. The van der Waals surface area contributed by atoms with Gasteiger partial charge in [0.05, 0.1) is 16.7 Å². The third-order valence-corrected chi connectivity index (χ3v) is 3.80. The highest BCUT2D eigenvalue weighted by molar-refractivity contribution is 7.11. The number of carbonyl (C=O) groups is 1. The van der Waals surface area contributed by atoms with Crippen molar-refractivity contribution < 1.29 is 4.79 Å². The van der Waals surface area contributed by atoms with Gasteiger partial charge in [-0.2, -0.15) is 0 Å². The van der Waals surface area contributed by atoms with Gasteiger partial charge in [-0.1, -0.05) is 0 Å². The van der Waals surface area contributed by atoms with E-state index in [1.165, 1.54) is 0 Å². The highest BCUT2D eigenvalue weighted by Crippen LogP contribution is 2.22. The molecule has 1 amide bonds. The topological polar surface area (TPSA) is 67.8 Å². The lowest BCUT2D eigenvalue weighted by Crippen LogP contribution is -2.28. The zero-order chi connectivity index (χ0) is 14.9. The number of hydrogen-bond donors (Lipinski definition) is 1. The minimum Gasteiger partial charge on any atom is -0.343 e. The first-order valence-corrected chi connectivity index (χ1v) is 7.25. The molecule has 0 aromatic carbocycles. The first-order valence-electron chi connectivity index (χ1n) is 6.44. The number of aromatic nitrogens is 3. The predicted octanol–water partition coefficient (Wildman–Crippen LogP) is 2.66. The van der Waals surface area contributed by atoms with Crippen LogP contribution in [0.2, 0.25) is 0 Å². The number of amides is 1. The van der Waals surface area contributed by atoms with E-state index in [1.807, 2.05) is 27.7 Å². The van der Waals surface area contributed by atoms with Crippen molar-refractivity contribution in [1.29, 1.82) is 0 Å². The fraction of sp³-hybridized carbons (Fsp3) is 0.429. The van der Waals surface area contributed by atoms with Crippen molar-refractivity contribution in [2.45, 2.75) is 40.7 Å². The molecule has 0 aliphatic heterocycles. The number of aryl methyl sites for hydroxylation is 4. The van der Waals surface area contributed by atoms with Gasteiger partial charge in [-0.05, 0) is 40.7 Å². The second-order valence-corrected chi connectivity index (χ2v) is 6.22. The zero-order valence-electron chi connectivity index (χ0n) is 12.3. The molecule has 2 rings (SSSR count). The van der Waals surface area contributed by atoms with Gasteiger partial charge in [0.15, 0.2) is 0 Å². The molecule has 0 aliphatic carbocycles. The van der Waals surface area contributed by atoms with Gasteiger partial charge >= 0.3 is 0 Å². The van der Waals surface area contributed by atoms with Crippen molar-refractivity contribution in [3.63, 3.8) is 0 Å². The maximum absolute atomic E-state index is 12.2. The molecule has 0 saturated heterocycles. The van der Waals surface area contributed by atoms with Crippen LogP contribution in [0.5, 0.6) is 0 Å². The van der Waals surface area contributed by atoms with Crippen LogP contribution < -0.4 is 5.32 Å². The van der Waals surface area contributed by atoms with Crippen LogP contribution in [0.3, 0.4) is 0 Å². The predicted molar refractivity (Wildman–Crippen MR) is 79.0 cm³/mol. The van der Waals surface area contributed by atoms with Crippen LogP contribution in [0, 0.1) is 27.7 Å². The van der Waals surface area contributed by atoms with Crippen LogP contribution in [-0.4, -0.2) is 20.9 Å². The van der Waals surface area contributed by atoms with Crippen LogP contribution >= 0.6 is 11.3 Å². The molecular weight excluding hydrogens is 272 g/mol. The van der Waals surface area contributed by atoms with E-state index >= 15 is 0 Å². The Bertz CT molecular complexity index is 630. The number of nitrogens with zero attached hydrogens (tertiary/aromatic N) is 3. The number of carbonyl (C=O) groups excluding carboxylic acids is 1. The normalized spacial score (nSPS) is 12.2. The smallest absolute Gasteiger partial charge is 0.270 e. The van der Waals surface area contributed by atoms with Crippen molar-refractivity contribution >= 4 is 17.2 Å². The number of thiazole rings is 1. The van der Waals surface area contributed by atoms with Crippen molar-refractivity contribution in [3.8, 4) is 0 Å². The molecule has 5 nitrogen and oxygen atoms in total. The van der Waals surface area contributed by atoms with Crippen LogP contribution in [0.1, 0.15) is 50.6 Å². The maximum atomic E-state index is 12.2. The first kappa shape index (κ1) is 14.6. The second kappa shape index (κ2) is 5.66. The summed E-state index contributed by atoms with van der Waals surface area (Å²) >= 11 is 1.64.